The van der Waals surface area contributed by atoms with Crippen molar-refractivity contribution in [1.29, 1.82) is 5.26 Å². The third-order valence-corrected chi connectivity index (χ3v) is 5.08. The largest absolute Gasteiger partial charge is 0.226 e. The third-order valence-electron chi connectivity index (χ3n) is 3.06. The van der Waals surface area contributed by atoms with Gasteiger partial charge in [0, 0.05) is 10.3 Å². The van der Waals surface area contributed by atoms with E-state index in [4.69, 9.17) is 5.26 Å². The predicted octanol–water partition coefficient (Wildman–Crippen LogP) is 3.43. The fraction of sp³-hybridized carbons (Fsp3) is 0.214. The van der Waals surface area contributed by atoms with Gasteiger partial charge in [-0.1, -0.05) is 0 Å². The topological polar surface area (TPSA) is 75.3 Å². The van der Waals surface area contributed by atoms with Crippen LogP contribution in [0.4, 0.5) is 0 Å². The van der Waals surface area contributed by atoms with Crippen molar-refractivity contribution < 1.29 is 0 Å². The Balaban J connectivity index is 2.09. The second-order valence-electron chi connectivity index (χ2n) is 4.51. The summed E-state index contributed by atoms with van der Waals surface area (Å²) in [5, 5.41) is 19.3. The highest BCUT2D eigenvalue weighted by atomic mass is 32.2. The Bertz CT molecular complexity index is 862. The summed E-state index contributed by atoms with van der Waals surface area (Å²) in [5.74, 6) is 0.743. The van der Waals surface area contributed by atoms with Gasteiger partial charge in [0.15, 0.2) is 5.69 Å². The molecule has 0 amide bonds. The van der Waals surface area contributed by atoms with Crippen molar-refractivity contribution in [2.45, 2.75) is 30.8 Å². The molecule has 5 nitrogen and oxygen atoms in total. The molecule has 0 saturated carbocycles. The average molecular weight is 313 g/mol. The summed E-state index contributed by atoms with van der Waals surface area (Å²) in [6.45, 7) is 6.06. The van der Waals surface area contributed by atoms with E-state index in [1.807, 2.05) is 13.0 Å². The lowest BCUT2D eigenvalue weighted by molar-refractivity contribution is 0.911. The lowest BCUT2D eigenvalue weighted by atomic mass is 10.2. The molecule has 0 atom stereocenters. The minimum atomic E-state index is 0.311. The van der Waals surface area contributed by atoms with E-state index < -0.39 is 0 Å². The van der Waals surface area contributed by atoms with Gasteiger partial charge in [0.25, 0.3) is 0 Å². The summed E-state index contributed by atoms with van der Waals surface area (Å²) in [7, 11) is 0. The van der Waals surface area contributed by atoms with Gasteiger partial charge in [-0.15, -0.1) is 21.5 Å². The molecule has 3 aromatic rings. The number of nitriles is 1. The number of hydrogen-bond donors (Lipinski definition) is 0. The molecule has 104 valence electrons. The summed E-state index contributed by atoms with van der Waals surface area (Å²) in [5.41, 5.74) is 1.52. The van der Waals surface area contributed by atoms with Gasteiger partial charge in [-0.25, -0.2) is 9.97 Å². The minimum absolute atomic E-state index is 0.311. The highest BCUT2D eigenvalue weighted by molar-refractivity contribution is 7.99. The van der Waals surface area contributed by atoms with Gasteiger partial charge >= 0.3 is 0 Å². The Morgan fingerprint density at radius 3 is 2.62 bits per heavy atom. The number of fused-ring (bicyclic) bond motifs is 1. The lowest BCUT2D eigenvalue weighted by Crippen LogP contribution is -1.93. The quantitative estimate of drug-likeness (QED) is 0.675. The zero-order valence-electron chi connectivity index (χ0n) is 11.7. The van der Waals surface area contributed by atoms with Gasteiger partial charge in [0.1, 0.15) is 26.8 Å². The van der Waals surface area contributed by atoms with Crippen molar-refractivity contribution in [3.63, 3.8) is 0 Å². The fourth-order valence-corrected chi connectivity index (χ4v) is 4.01. The highest BCUT2D eigenvalue weighted by Crippen LogP contribution is 2.37. The highest BCUT2D eigenvalue weighted by Gasteiger charge is 2.15. The van der Waals surface area contributed by atoms with Crippen LogP contribution in [-0.2, 0) is 0 Å². The molecule has 0 aliphatic rings. The van der Waals surface area contributed by atoms with E-state index in [0.29, 0.717) is 5.69 Å². The molecular formula is C14H11N5S2. The van der Waals surface area contributed by atoms with Crippen LogP contribution in [-0.4, -0.2) is 20.2 Å². The predicted molar refractivity (Wildman–Crippen MR) is 82.5 cm³/mol. The van der Waals surface area contributed by atoms with Gasteiger partial charge in [0.05, 0.1) is 0 Å². The molecule has 0 spiro atoms. The van der Waals surface area contributed by atoms with E-state index in [1.54, 1.807) is 23.5 Å². The standard InChI is InChI=1S/C14H11N5S2/c1-7-8(2)20-13-12(7)14(17-9(3)16-13)21-11-5-4-10(6-15)18-19-11/h4-5H,1-3H3. The van der Waals surface area contributed by atoms with Crippen LogP contribution in [0, 0.1) is 32.1 Å². The van der Waals surface area contributed by atoms with Gasteiger partial charge in [-0.05, 0) is 50.2 Å². The maximum Gasteiger partial charge on any atom is 0.163 e. The molecule has 7 heteroatoms. The Labute approximate surface area is 130 Å². The van der Waals surface area contributed by atoms with E-state index in [1.165, 1.54) is 22.2 Å². The molecule has 3 aromatic heterocycles. The van der Waals surface area contributed by atoms with Crippen molar-refractivity contribution in [2.24, 2.45) is 0 Å². The number of thiophene rings is 1. The molecule has 0 aliphatic heterocycles. The maximum atomic E-state index is 8.76. The summed E-state index contributed by atoms with van der Waals surface area (Å²) in [6.07, 6.45) is 0. The zero-order valence-corrected chi connectivity index (χ0v) is 13.3. The van der Waals surface area contributed by atoms with Crippen LogP contribution in [0.25, 0.3) is 10.2 Å². The molecule has 0 bridgehead atoms. The molecule has 0 saturated heterocycles. The van der Waals surface area contributed by atoms with E-state index >= 15 is 0 Å². The second kappa shape index (κ2) is 5.39. The second-order valence-corrected chi connectivity index (χ2v) is 6.72. The van der Waals surface area contributed by atoms with Crippen molar-refractivity contribution >= 4 is 33.3 Å². The number of aryl methyl sites for hydroxylation is 3. The fourth-order valence-electron chi connectivity index (χ4n) is 1.92. The summed E-state index contributed by atoms with van der Waals surface area (Å²) < 4.78 is 0. The van der Waals surface area contributed by atoms with Gasteiger partial charge < -0.3 is 0 Å². The molecule has 0 aliphatic carbocycles. The van der Waals surface area contributed by atoms with Crippen LogP contribution >= 0.6 is 23.1 Å². The van der Waals surface area contributed by atoms with Crippen LogP contribution in [0.2, 0.25) is 0 Å². The summed E-state index contributed by atoms with van der Waals surface area (Å²) in [6, 6.07) is 5.41. The molecular weight excluding hydrogens is 302 g/mol. The Morgan fingerprint density at radius 2 is 1.95 bits per heavy atom. The normalized spacial score (nSPS) is 10.8. The van der Waals surface area contributed by atoms with Crippen LogP contribution in [0.5, 0.6) is 0 Å². The van der Waals surface area contributed by atoms with Crippen LogP contribution < -0.4 is 0 Å². The van der Waals surface area contributed by atoms with Crippen molar-refractivity contribution in [1.82, 2.24) is 20.2 Å². The maximum absolute atomic E-state index is 8.76. The van der Waals surface area contributed by atoms with Gasteiger partial charge in [-0.2, -0.15) is 5.26 Å². The Morgan fingerprint density at radius 1 is 1.14 bits per heavy atom. The number of rotatable bonds is 2. The number of aromatic nitrogens is 4. The Hall–Kier alpha value is -2.04. The van der Waals surface area contributed by atoms with Crippen molar-refractivity contribution in [3.8, 4) is 6.07 Å². The molecule has 0 unspecified atom stereocenters. The van der Waals surface area contributed by atoms with Crippen molar-refractivity contribution in [2.75, 3.05) is 0 Å². The minimum Gasteiger partial charge on any atom is -0.226 e. The zero-order chi connectivity index (χ0) is 15.0. The molecule has 3 heterocycles. The van der Waals surface area contributed by atoms with E-state index in [0.717, 1.165) is 26.1 Å². The smallest absolute Gasteiger partial charge is 0.163 e. The molecule has 0 aromatic carbocycles. The van der Waals surface area contributed by atoms with Gasteiger partial charge in [0.2, 0.25) is 0 Å². The van der Waals surface area contributed by atoms with E-state index in [-0.39, 0.29) is 0 Å². The molecule has 3 rings (SSSR count). The van der Waals surface area contributed by atoms with Crippen LogP contribution in [0.15, 0.2) is 22.2 Å². The van der Waals surface area contributed by atoms with E-state index in [9.17, 15) is 0 Å². The lowest BCUT2D eigenvalue weighted by Gasteiger charge is -2.04. The average Bonchev–Trinajstić information content (AvgIpc) is 2.74. The molecule has 0 N–H and O–H groups in total. The first-order valence-corrected chi connectivity index (χ1v) is 7.88. The molecule has 21 heavy (non-hydrogen) atoms. The number of hydrogen-bond acceptors (Lipinski definition) is 7. The SMILES string of the molecule is Cc1nc(Sc2ccc(C#N)nn2)c2c(C)c(C)sc2n1. The third kappa shape index (κ3) is 2.60. The summed E-state index contributed by atoms with van der Waals surface area (Å²) >= 11 is 3.13. The van der Waals surface area contributed by atoms with Gasteiger partial charge in [-0.3, -0.25) is 0 Å². The molecule has 0 radical (unpaired) electrons. The molecule has 0 fully saturated rings. The summed E-state index contributed by atoms with van der Waals surface area (Å²) in [4.78, 5) is 11.3. The number of nitrogens with zero attached hydrogens (tertiary/aromatic N) is 5. The van der Waals surface area contributed by atoms with Crippen LogP contribution in [0.1, 0.15) is 22.0 Å². The van der Waals surface area contributed by atoms with Crippen molar-refractivity contribution in [3.05, 3.63) is 34.1 Å². The first-order chi connectivity index (χ1) is 10.1. The van der Waals surface area contributed by atoms with E-state index in [2.05, 4.69) is 34.0 Å². The monoisotopic (exact) mass is 313 g/mol. The first kappa shape index (κ1) is 13.9. The Kier molecular flexibility index (Phi) is 3.57. The van der Waals surface area contributed by atoms with Crippen LogP contribution in [0.3, 0.4) is 0 Å². The first-order valence-electron chi connectivity index (χ1n) is 6.24.